The van der Waals surface area contributed by atoms with Crippen molar-refractivity contribution in [3.8, 4) is 0 Å². The number of thioether (sulfide) groups is 1. The maximum absolute atomic E-state index is 12.4. The summed E-state index contributed by atoms with van der Waals surface area (Å²) in [6.07, 6.45) is 3.07. The summed E-state index contributed by atoms with van der Waals surface area (Å²) in [5, 5.41) is 3.48. The van der Waals surface area contributed by atoms with E-state index in [1.165, 1.54) is 34.4 Å². The van der Waals surface area contributed by atoms with E-state index in [1.807, 2.05) is 45.3 Å². The average molecular weight is 626 g/mol. The number of hydrogen-bond acceptors (Lipinski definition) is 9. The quantitative estimate of drug-likeness (QED) is 0.289. The molecule has 0 fully saturated rings. The Morgan fingerprint density at radius 3 is 2.74 bits per heavy atom. The van der Waals surface area contributed by atoms with Crippen molar-refractivity contribution in [2.45, 2.75) is 17.9 Å². The van der Waals surface area contributed by atoms with Crippen molar-refractivity contribution in [3.05, 3.63) is 44.2 Å². The Bertz CT molecular complexity index is 1510. The van der Waals surface area contributed by atoms with Crippen LogP contribution in [0.3, 0.4) is 0 Å². The zero-order valence-corrected chi connectivity index (χ0v) is 23.3. The number of rotatable bonds is 8. The molecule has 3 heterocycles. The van der Waals surface area contributed by atoms with Crippen LogP contribution in [0.4, 0.5) is 5.69 Å². The van der Waals surface area contributed by atoms with Gasteiger partial charge in [0.2, 0.25) is 16.6 Å². The Morgan fingerprint density at radius 1 is 1.26 bits per heavy atom. The van der Waals surface area contributed by atoms with Gasteiger partial charge in [0.05, 0.1) is 28.8 Å². The number of thiazole rings is 1. The van der Waals surface area contributed by atoms with Crippen LogP contribution in [-0.4, -0.2) is 45.8 Å². The Balaban J connectivity index is 1.71. The van der Waals surface area contributed by atoms with Gasteiger partial charge in [0, 0.05) is 15.9 Å². The Morgan fingerprint density at radius 2 is 2.03 bits per heavy atom. The molecule has 9 nitrogen and oxygen atoms in total. The van der Waals surface area contributed by atoms with E-state index in [-0.39, 0.29) is 18.7 Å². The van der Waals surface area contributed by atoms with Gasteiger partial charge in [-0.1, -0.05) is 50.4 Å². The van der Waals surface area contributed by atoms with Gasteiger partial charge in [0.15, 0.2) is 0 Å². The van der Waals surface area contributed by atoms with Gasteiger partial charge in [0.25, 0.3) is 25.9 Å². The fourth-order valence-electron chi connectivity index (χ4n) is 3.39. The topological polar surface area (TPSA) is 125 Å². The molecule has 0 saturated carbocycles. The summed E-state index contributed by atoms with van der Waals surface area (Å²) in [6, 6.07) is 7.76. The third-order valence-corrected chi connectivity index (χ3v) is 9.83. The van der Waals surface area contributed by atoms with Crippen LogP contribution in [0.5, 0.6) is 0 Å². The smallest absolute Gasteiger partial charge is 0.299 e. The number of halogens is 1. The molecule has 1 aliphatic heterocycles. The van der Waals surface area contributed by atoms with Gasteiger partial charge in [-0.2, -0.15) is 13.0 Å². The fraction of sp³-hybridized carbons (Fsp3) is 0.263. The summed E-state index contributed by atoms with van der Waals surface area (Å²) in [6.45, 7) is 0.189. The first-order valence-corrected chi connectivity index (χ1v) is 16.5. The molecule has 0 spiro atoms. The van der Waals surface area contributed by atoms with Gasteiger partial charge in [-0.25, -0.2) is 13.1 Å². The summed E-state index contributed by atoms with van der Waals surface area (Å²) in [5.41, 5.74) is 0.903. The molecule has 182 valence electrons. The molecule has 1 amide bonds. The van der Waals surface area contributed by atoms with Crippen LogP contribution in [0.25, 0.3) is 15.6 Å². The van der Waals surface area contributed by atoms with Crippen LogP contribution in [0, 0.1) is 0 Å². The highest BCUT2D eigenvalue weighted by atomic mass is 79.9. The van der Waals surface area contributed by atoms with E-state index in [9.17, 15) is 21.6 Å². The Hall–Kier alpha value is -1.49. The van der Waals surface area contributed by atoms with Crippen LogP contribution >= 0.6 is 50.4 Å². The van der Waals surface area contributed by atoms with Crippen molar-refractivity contribution >= 4 is 97.7 Å². The Kier molecular flexibility index (Phi) is 7.43. The number of sulfonamides is 1. The maximum Gasteiger partial charge on any atom is 0.299 e. The van der Waals surface area contributed by atoms with E-state index in [0.717, 1.165) is 40.9 Å². The van der Waals surface area contributed by atoms with Crippen LogP contribution in [0.1, 0.15) is 11.4 Å². The first-order chi connectivity index (χ1) is 15.9. The van der Waals surface area contributed by atoms with Crippen molar-refractivity contribution in [2.75, 3.05) is 23.5 Å². The van der Waals surface area contributed by atoms with Crippen molar-refractivity contribution in [2.24, 2.45) is 0 Å². The van der Waals surface area contributed by atoms with Crippen LogP contribution in [0.2, 0.25) is 0 Å². The number of thiophene rings is 1. The van der Waals surface area contributed by atoms with Gasteiger partial charge < -0.3 is 4.90 Å². The largest absolute Gasteiger partial charge is 0.335 e. The number of benzene rings is 1. The molecule has 34 heavy (non-hydrogen) atoms. The van der Waals surface area contributed by atoms with Crippen LogP contribution in [0.15, 0.2) is 44.0 Å². The number of carbonyl (C=O) groups excluding carboxylic acids is 1. The lowest BCUT2D eigenvalue weighted by Gasteiger charge is -2.20. The van der Waals surface area contributed by atoms with E-state index < -0.39 is 26.0 Å². The molecule has 0 bridgehead atoms. The number of anilines is 1. The fourth-order valence-corrected chi connectivity index (χ4v) is 8.11. The molecule has 15 heteroatoms. The van der Waals surface area contributed by atoms with Crippen molar-refractivity contribution in [1.82, 2.24) is 4.72 Å². The molecule has 0 atom stereocenters. The first-order valence-electron chi connectivity index (χ1n) is 9.72. The standard InChI is InChI=1S/C19H18BrN3O6S5/c1-33(25,26)21-16(24)11-23-18(32-15-5-7-30-19(15)23)10-17-22(6-2-8-34(27,28)29)13-9-12(20)3-4-14(13)31-17/h3-5,7,9-10H,2,6,8,11H2,1H3,(H-,21,24,27,28,29)/p+1. The molecule has 0 aliphatic carbocycles. The van der Waals surface area contributed by atoms with Crippen LogP contribution < -0.4 is 14.2 Å². The molecule has 2 N–H and O–H groups in total. The number of fused-ring (bicyclic) bond motifs is 2. The third kappa shape index (κ3) is 6.19. The summed E-state index contributed by atoms with van der Waals surface area (Å²) >= 11 is 7.91. The third-order valence-electron chi connectivity index (χ3n) is 4.66. The van der Waals surface area contributed by atoms with Gasteiger partial charge >= 0.3 is 0 Å². The summed E-state index contributed by atoms with van der Waals surface area (Å²) in [4.78, 5) is 16.2. The first kappa shape index (κ1) is 25.6. The highest BCUT2D eigenvalue weighted by Gasteiger charge is 2.30. The second-order valence-electron chi connectivity index (χ2n) is 7.40. The number of nitrogens with one attached hydrogen (secondary N) is 1. The van der Waals surface area contributed by atoms with Gasteiger partial charge in [0.1, 0.15) is 4.70 Å². The Labute approximate surface area is 217 Å². The maximum atomic E-state index is 12.4. The normalized spacial score (nSPS) is 15.3. The zero-order chi connectivity index (χ0) is 24.7. The van der Waals surface area contributed by atoms with E-state index in [2.05, 4.69) is 15.9 Å². The minimum atomic E-state index is -4.08. The number of aromatic nitrogens is 1. The molecule has 0 radical (unpaired) electrons. The van der Waals surface area contributed by atoms with E-state index in [0.29, 0.717) is 6.54 Å². The molecule has 2 aromatic heterocycles. The van der Waals surface area contributed by atoms with Crippen molar-refractivity contribution in [3.63, 3.8) is 0 Å². The monoisotopic (exact) mass is 624 g/mol. The predicted molar refractivity (Wildman–Crippen MR) is 139 cm³/mol. The summed E-state index contributed by atoms with van der Waals surface area (Å²) in [7, 11) is -7.76. The molecule has 1 aliphatic rings. The highest BCUT2D eigenvalue weighted by Crippen LogP contribution is 2.48. The highest BCUT2D eigenvalue weighted by molar-refractivity contribution is 9.10. The summed E-state index contributed by atoms with van der Waals surface area (Å²) in [5.74, 6) is -0.998. The number of carbonyl (C=O) groups is 1. The van der Waals surface area contributed by atoms with E-state index >= 15 is 0 Å². The van der Waals surface area contributed by atoms with E-state index in [4.69, 9.17) is 4.55 Å². The second kappa shape index (κ2) is 9.87. The van der Waals surface area contributed by atoms with Crippen molar-refractivity contribution in [1.29, 1.82) is 0 Å². The average Bonchev–Trinajstić information content (AvgIpc) is 3.35. The lowest BCUT2D eigenvalue weighted by atomic mass is 10.3. The molecular formula is C19H19BrN3O6S5+. The SMILES string of the molecule is CS(=O)(=O)NC(=O)C[n+]1c(C=C2Sc3ccc(Br)cc3N2CCCS(=O)(=O)O)sc2ccsc21. The number of hydrogen-bond donors (Lipinski definition) is 2. The molecule has 4 rings (SSSR count). The second-order valence-corrected chi connectivity index (χ2v) is 14.7. The van der Waals surface area contributed by atoms with Crippen molar-refractivity contribution < 1.29 is 30.7 Å². The van der Waals surface area contributed by atoms with Gasteiger partial charge in [-0.15, -0.1) is 0 Å². The lowest BCUT2D eigenvalue weighted by Crippen LogP contribution is -2.45. The minimum absolute atomic E-state index is 0.168. The molecule has 0 unspecified atom stereocenters. The summed E-state index contributed by atoms with van der Waals surface area (Å²) < 4.78 is 60.2. The van der Waals surface area contributed by atoms with E-state index in [1.54, 1.807) is 4.57 Å². The lowest BCUT2D eigenvalue weighted by molar-refractivity contribution is -0.653. The van der Waals surface area contributed by atoms with Gasteiger partial charge in [-0.05, 0) is 36.1 Å². The van der Waals surface area contributed by atoms with Gasteiger partial charge in [-0.3, -0.25) is 9.35 Å². The minimum Gasteiger partial charge on any atom is -0.335 e. The van der Waals surface area contributed by atoms with Crippen LogP contribution in [-0.2, 0) is 31.5 Å². The molecular weight excluding hydrogens is 606 g/mol. The molecule has 3 aromatic rings. The molecule has 1 aromatic carbocycles. The predicted octanol–water partition coefficient (Wildman–Crippen LogP) is 3.28. The molecule has 0 saturated heterocycles. The zero-order valence-electron chi connectivity index (χ0n) is 17.6. The number of nitrogens with zero attached hydrogens (tertiary/aromatic N) is 2. The number of amides is 1.